The third kappa shape index (κ3) is 2.16. The maximum atomic E-state index is 6.42. The first-order chi connectivity index (χ1) is 9.08. The summed E-state index contributed by atoms with van der Waals surface area (Å²) in [5.41, 5.74) is 1.68. The van der Waals surface area contributed by atoms with Crippen molar-refractivity contribution in [3.8, 4) is 5.75 Å². The Morgan fingerprint density at radius 2 is 2.00 bits per heavy atom. The molecular weight excluding hydrogens is 234 g/mol. The number of hydrogen-bond donors (Lipinski definition) is 1. The fourth-order valence-electron chi connectivity index (χ4n) is 3.23. The minimum atomic E-state index is -0.0211. The summed E-state index contributed by atoms with van der Waals surface area (Å²) in [5.74, 6) is 1.08. The van der Waals surface area contributed by atoms with Crippen molar-refractivity contribution in [2.45, 2.75) is 58.1 Å². The molecule has 0 radical (unpaired) electrons. The first-order valence-corrected chi connectivity index (χ1v) is 7.59. The van der Waals surface area contributed by atoms with Crippen LogP contribution >= 0.6 is 0 Å². The van der Waals surface area contributed by atoms with Crippen LogP contribution in [0.3, 0.4) is 0 Å². The third-order valence-electron chi connectivity index (χ3n) is 5.14. The normalized spacial score (nSPS) is 31.4. The van der Waals surface area contributed by atoms with Crippen LogP contribution in [0.15, 0.2) is 24.3 Å². The Morgan fingerprint density at radius 3 is 2.68 bits per heavy atom. The predicted octanol–water partition coefficient (Wildman–Crippen LogP) is 4.07. The summed E-state index contributed by atoms with van der Waals surface area (Å²) in [6.45, 7) is 7.97. The van der Waals surface area contributed by atoms with E-state index in [9.17, 15) is 0 Å². The van der Waals surface area contributed by atoms with Gasteiger partial charge >= 0.3 is 0 Å². The van der Waals surface area contributed by atoms with Gasteiger partial charge < -0.3 is 10.1 Å². The fraction of sp³-hybridized carbons (Fsp3) is 0.647. The van der Waals surface area contributed by atoms with E-state index in [1.165, 1.54) is 24.8 Å². The summed E-state index contributed by atoms with van der Waals surface area (Å²) in [6.07, 6.45) is 4.85. The lowest BCUT2D eigenvalue weighted by molar-refractivity contribution is -0.0133. The summed E-state index contributed by atoms with van der Waals surface area (Å²) in [4.78, 5) is 0. The first kappa shape index (κ1) is 13.0. The maximum absolute atomic E-state index is 6.42. The Labute approximate surface area is 116 Å². The van der Waals surface area contributed by atoms with Crippen molar-refractivity contribution in [3.63, 3.8) is 0 Å². The van der Waals surface area contributed by atoms with E-state index >= 15 is 0 Å². The molecule has 0 spiro atoms. The van der Waals surface area contributed by atoms with Crippen LogP contribution in [-0.4, -0.2) is 12.1 Å². The summed E-state index contributed by atoms with van der Waals surface area (Å²) in [7, 11) is 0. The van der Waals surface area contributed by atoms with Crippen molar-refractivity contribution in [2.75, 3.05) is 6.54 Å². The molecule has 19 heavy (non-hydrogen) atoms. The highest BCUT2D eigenvalue weighted by molar-refractivity contribution is 5.39. The number of rotatable bonds is 4. The molecule has 3 rings (SSSR count). The number of nitrogens with one attached hydrogen (secondary N) is 1. The largest absolute Gasteiger partial charge is 0.487 e. The molecule has 1 saturated carbocycles. The van der Waals surface area contributed by atoms with Crippen molar-refractivity contribution < 1.29 is 4.74 Å². The zero-order valence-electron chi connectivity index (χ0n) is 12.3. The molecule has 104 valence electrons. The lowest BCUT2D eigenvalue weighted by Gasteiger charge is -2.44. The lowest BCUT2D eigenvalue weighted by Crippen LogP contribution is -2.47. The van der Waals surface area contributed by atoms with Gasteiger partial charge in [-0.15, -0.1) is 0 Å². The minimum absolute atomic E-state index is 0.0211. The molecule has 2 aliphatic rings. The van der Waals surface area contributed by atoms with Crippen LogP contribution in [0.2, 0.25) is 0 Å². The molecule has 1 heterocycles. The first-order valence-electron chi connectivity index (χ1n) is 7.59. The maximum Gasteiger partial charge on any atom is 0.124 e. The van der Waals surface area contributed by atoms with Crippen molar-refractivity contribution in [3.05, 3.63) is 29.8 Å². The predicted molar refractivity (Wildman–Crippen MR) is 78.5 cm³/mol. The van der Waals surface area contributed by atoms with Gasteiger partial charge in [0.2, 0.25) is 0 Å². The fourth-order valence-corrected chi connectivity index (χ4v) is 3.23. The SMILES string of the molecule is CCCNC1CC(C)(C2(C)CC2)Oc2ccccc21. The average Bonchev–Trinajstić information content (AvgIpc) is 3.16. The molecule has 2 atom stereocenters. The van der Waals surface area contributed by atoms with Gasteiger partial charge in [-0.25, -0.2) is 0 Å². The molecule has 1 fully saturated rings. The van der Waals surface area contributed by atoms with Crippen LogP contribution in [0.4, 0.5) is 0 Å². The van der Waals surface area contributed by atoms with Gasteiger partial charge in [0.15, 0.2) is 0 Å². The quantitative estimate of drug-likeness (QED) is 0.880. The second kappa shape index (κ2) is 4.52. The molecule has 0 aromatic heterocycles. The topological polar surface area (TPSA) is 21.3 Å². The van der Waals surface area contributed by atoms with Gasteiger partial charge in [-0.3, -0.25) is 0 Å². The Balaban J connectivity index is 1.91. The molecule has 1 N–H and O–H groups in total. The van der Waals surface area contributed by atoms with Gasteiger partial charge in [0.05, 0.1) is 0 Å². The standard InChI is InChI=1S/C17H25NO/c1-4-11-18-14-12-17(3,16(2)9-10-16)19-15-8-6-5-7-13(14)15/h5-8,14,18H,4,9-12H2,1-3H3. The molecule has 1 aliphatic heterocycles. The van der Waals surface area contributed by atoms with Crippen LogP contribution in [0.25, 0.3) is 0 Å². The number of para-hydroxylation sites is 1. The Bertz CT molecular complexity index is 466. The average molecular weight is 259 g/mol. The molecule has 0 saturated heterocycles. The van der Waals surface area contributed by atoms with Gasteiger partial charge in [0.25, 0.3) is 0 Å². The third-order valence-corrected chi connectivity index (χ3v) is 5.14. The number of benzene rings is 1. The molecule has 1 aromatic carbocycles. The van der Waals surface area contributed by atoms with E-state index < -0.39 is 0 Å². The Hall–Kier alpha value is -1.02. The highest BCUT2D eigenvalue weighted by Crippen LogP contribution is 2.59. The van der Waals surface area contributed by atoms with E-state index in [2.05, 4.69) is 50.4 Å². The number of ether oxygens (including phenoxy) is 1. The molecule has 0 bridgehead atoms. The minimum Gasteiger partial charge on any atom is -0.487 e. The summed E-state index contributed by atoms with van der Waals surface area (Å²) >= 11 is 0. The second-order valence-electron chi connectivity index (χ2n) is 6.64. The summed E-state index contributed by atoms with van der Waals surface area (Å²) < 4.78 is 6.42. The number of hydrogen-bond acceptors (Lipinski definition) is 2. The van der Waals surface area contributed by atoms with E-state index in [0.717, 1.165) is 18.7 Å². The van der Waals surface area contributed by atoms with Gasteiger partial charge in [0, 0.05) is 23.4 Å². The molecule has 2 heteroatoms. The summed E-state index contributed by atoms with van der Waals surface area (Å²) in [5, 5.41) is 3.70. The van der Waals surface area contributed by atoms with Gasteiger partial charge in [-0.2, -0.15) is 0 Å². The zero-order chi connectivity index (χ0) is 13.5. The van der Waals surface area contributed by atoms with Crippen molar-refractivity contribution in [1.29, 1.82) is 0 Å². The van der Waals surface area contributed by atoms with Gasteiger partial charge in [-0.05, 0) is 38.8 Å². The van der Waals surface area contributed by atoms with Gasteiger partial charge in [0.1, 0.15) is 11.4 Å². The lowest BCUT2D eigenvalue weighted by atomic mass is 9.78. The molecular formula is C17H25NO. The van der Waals surface area contributed by atoms with Crippen molar-refractivity contribution in [1.82, 2.24) is 5.32 Å². The Morgan fingerprint density at radius 1 is 1.26 bits per heavy atom. The van der Waals surface area contributed by atoms with Gasteiger partial charge in [-0.1, -0.05) is 32.0 Å². The van der Waals surface area contributed by atoms with Crippen molar-refractivity contribution >= 4 is 0 Å². The van der Waals surface area contributed by atoms with Crippen LogP contribution in [-0.2, 0) is 0 Å². The smallest absolute Gasteiger partial charge is 0.124 e. The summed E-state index contributed by atoms with van der Waals surface area (Å²) in [6, 6.07) is 8.96. The van der Waals surface area contributed by atoms with E-state index in [0.29, 0.717) is 11.5 Å². The Kier molecular flexibility index (Phi) is 3.09. The molecule has 2 nitrogen and oxygen atoms in total. The highest BCUT2D eigenvalue weighted by Gasteiger charge is 2.57. The zero-order valence-corrected chi connectivity index (χ0v) is 12.3. The van der Waals surface area contributed by atoms with E-state index in [4.69, 9.17) is 4.74 Å². The van der Waals surface area contributed by atoms with Crippen LogP contribution in [0.1, 0.15) is 58.1 Å². The second-order valence-corrected chi connectivity index (χ2v) is 6.64. The highest BCUT2D eigenvalue weighted by atomic mass is 16.5. The molecule has 0 amide bonds. The van der Waals surface area contributed by atoms with Crippen LogP contribution in [0.5, 0.6) is 5.75 Å². The monoisotopic (exact) mass is 259 g/mol. The molecule has 1 aliphatic carbocycles. The van der Waals surface area contributed by atoms with Crippen molar-refractivity contribution in [2.24, 2.45) is 5.41 Å². The van der Waals surface area contributed by atoms with E-state index in [1.54, 1.807) is 0 Å². The number of fused-ring (bicyclic) bond motifs is 1. The van der Waals surface area contributed by atoms with E-state index in [1.807, 2.05) is 0 Å². The van der Waals surface area contributed by atoms with Crippen LogP contribution in [0, 0.1) is 5.41 Å². The molecule has 2 unspecified atom stereocenters. The van der Waals surface area contributed by atoms with E-state index in [-0.39, 0.29) is 5.60 Å². The van der Waals surface area contributed by atoms with Crippen LogP contribution < -0.4 is 10.1 Å². The molecule has 1 aromatic rings.